The minimum Gasteiger partial charge on any atom is -0.241 e. The molecule has 1 heterocycles. The summed E-state index contributed by atoms with van der Waals surface area (Å²) in [6, 6.07) is 0. The summed E-state index contributed by atoms with van der Waals surface area (Å²) in [5.41, 5.74) is 1.20. The molecule has 5 heteroatoms. The molecule has 1 rings (SSSR count). The highest BCUT2D eigenvalue weighted by Gasteiger charge is 1.97. The molecule has 0 aliphatic heterocycles. The van der Waals surface area contributed by atoms with E-state index in [4.69, 9.17) is 0 Å². The lowest BCUT2D eigenvalue weighted by molar-refractivity contribution is 0.00819. The highest BCUT2D eigenvalue weighted by Crippen LogP contribution is 2.10. The van der Waals surface area contributed by atoms with E-state index in [1.807, 2.05) is 19.3 Å². The van der Waals surface area contributed by atoms with Gasteiger partial charge in [-0.1, -0.05) is 13.8 Å². The molecular formula is C9H13F3N2. The number of aromatic nitrogens is 2. The van der Waals surface area contributed by atoms with Crippen molar-refractivity contribution in [2.24, 2.45) is 0 Å². The monoisotopic (exact) mass is 206 g/mol. The lowest BCUT2D eigenvalue weighted by Gasteiger charge is -2.01. The van der Waals surface area contributed by atoms with Crippen LogP contribution in [0.3, 0.4) is 0 Å². The molecule has 14 heavy (non-hydrogen) atoms. The zero-order valence-corrected chi connectivity index (χ0v) is 8.34. The predicted molar refractivity (Wildman–Crippen MR) is 48.0 cm³/mol. The third-order valence-electron chi connectivity index (χ3n) is 1.47. The Balaban J connectivity index is 0.000000364. The number of rotatable bonds is 1. The van der Waals surface area contributed by atoms with Crippen molar-refractivity contribution in [3.63, 3.8) is 0 Å². The molecule has 2 nitrogen and oxygen atoms in total. The predicted octanol–water partition coefficient (Wildman–Crippen LogP) is 3.09. The summed E-state index contributed by atoms with van der Waals surface area (Å²) in [6.07, 6.45) is 3.76. The Bertz CT molecular complexity index is 244. The summed E-state index contributed by atoms with van der Waals surface area (Å²) in [5.74, 6) is 1.37. The largest absolute Gasteiger partial charge is 0.379 e. The van der Waals surface area contributed by atoms with Crippen LogP contribution in [0.4, 0.5) is 13.2 Å². The summed E-state index contributed by atoms with van der Waals surface area (Å²) in [6.45, 7) is 2.49. The molecule has 0 saturated heterocycles. The van der Waals surface area contributed by atoms with Gasteiger partial charge in [0.25, 0.3) is 0 Å². The fourth-order valence-corrected chi connectivity index (χ4v) is 0.701. The Labute approximate surface area is 81.2 Å². The Kier molecular flexibility index (Phi) is 5.83. The molecule has 0 radical (unpaired) electrons. The fraction of sp³-hybridized carbons (Fsp3) is 0.556. The first kappa shape index (κ1) is 12.9. The number of aryl methyl sites for hydroxylation is 1. The number of hydrogen-bond acceptors (Lipinski definition) is 2. The summed E-state index contributed by atoms with van der Waals surface area (Å²) >= 11 is 0. The van der Waals surface area contributed by atoms with Crippen molar-refractivity contribution in [3.05, 3.63) is 23.8 Å². The Morgan fingerprint density at radius 3 is 1.71 bits per heavy atom. The minimum absolute atomic E-state index is 0.528. The second kappa shape index (κ2) is 6.34. The molecule has 0 aliphatic carbocycles. The molecule has 0 fully saturated rings. The zero-order valence-electron chi connectivity index (χ0n) is 8.34. The number of halogens is 3. The van der Waals surface area contributed by atoms with Crippen molar-refractivity contribution in [2.45, 2.75) is 33.4 Å². The Morgan fingerprint density at radius 1 is 1.07 bits per heavy atom. The molecule has 0 atom stereocenters. The average Bonchev–Trinajstić information content (AvgIpc) is 2.03. The van der Waals surface area contributed by atoms with Crippen LogP contribution in [-0.2, 0) is 0 Å². The molecular weight excluding hydrogens is 193 g/mol. The molecule has 0 saturated carbocycles. The maximum Gasteiger partial charge on any atom is 0.379 e. The van der Waals surface area contributed by atoms with E-state index < -0.39 is 6.68 Å². The second-order valence-electron chi connectivity index (χ2n) is 2.97. The number of hydrogen-bond donors (Lipinski definition) is 0. The second-order valence-corrected chi connectivity index (χ2v) is 2.97. The van der Waals surface area contributed by atoms with Gasteiger partial charge >= 0.3 is 6.68 Å². The van der Waals surface area contributed by atoms with E-state index in [1.165, 1.54) is 5.56 Å². The minimum atomic E-state index is -3.67. The van der Waals surface area contributed by atoms with Crippen LogP contribution >= 0.6 is 0 Å². The summed E-state index contributed by atoms with van der Waals surface area (Å²) in [7, 11) is 0. The Morgan fingerprint density at radius 2 is 1.43 bits per heavy atom. The van der Waals surface area contributed by atoms with E-state index in [2.05, 4.69) is 23.8 Å². The molecule has 0 bridgehead atoms. The van der Waals surface area contributed by atoms with Crippen molar-refractivity contribution >= 4 is 0 Å². The fourth-order valence-electron chi connectivity index (χ4n) is 0.701. The van der Waals surface area contributed by atoms with E-state index >= 15 is 0 Å². The van der Waals surface area contributed by atoms with Crippen LogP contribution in [0.1, 0.15) is 31.2 Å². The highest BCUT2D eigenvalue weighted by atomic mass is 19.4. The van der Waals surface area contributed by atoms with Crippen molar-refractivity contribution < 1.29 is 13.2 Å². The number of alkyl halides is 3. The van der Waals surface area contributed by atoms with E-state index in [1.54, 1.807) is 0 Å². The van der Waals surface area contributed by atoms with Gasteiger partial charge in [-0.25, -0.2) is 9.97 Å². The summed E-state index contributed by atoms with van der Waals surface area (Å²) in [4.78, 5) is 8.18. The van der Waals surface area contributed by atoms with Crippen molar-refractivity contribution in [2.75, 3.05) is 0 Å². The smallest absolute Gasteiger partial charge is 0.241 e. The van der Waals surface area contributed by atoms with Gasteiger partial charge in [-0.2, -0.15) is 13.2 Å². The average molecular weight is 206 g/mol. The first-order chi connectivity index (χ1) is 6.43. The third-order valence-corrected chi connectivity index (χ3v) is 1.47. The van der Waals surface area contributed by atoms with Gasteiger partial charge in [0.2, 0.25) is 0 Å². The van der Waals surface area contributed by atoms with Crippen LogP contribution in [0, 0.1) is 6.92 Å². The maximum atomic E-state index is 9.67. The van der Waals surface area contributed by atoms with E-state index in [9.17, 15) is 13.2 Å². The van der Waals surface area contributed by atoms with Gasteiger partial charge in [-0.3, -0.25) is 0 Å². The van der Waals surface area contributed by atoms with Crippen LogP contribution in [0.15, 0.2) is 12.4 Å². The van der Waals surface area contributed by atoms with Crippen LogP contribution < -0.4 is 0 Å². The summed E-state index contributed by atoms with van der Waals surface area (Å²) < 4.78 is 29.0. The lowest BCUT2D eigenvalue weighted by Crippen LogP contribution is -1.92. The normalized spacial score (nSPS) is 10.0. The molecule has 0 aromatic carbocycles. The van der Waals surface area contributed by atoms with Gasteiger partial charge in [-0.15, -0.1) is 0 Å². The van der Waals surface area contributed by atoms with Gasteiger partial charge in [0.1, 0.15) is 5.82 Å². The molecule has 1 aromatic rings. The van der Waals surface area contributed by atoms with E-state index in [-0.39, 0.29) is 0 Å². The van der Waals surface area contributed by atoms with E-state index in [0.29, 0.717) is 5.92 Å². The lowest BCUT2D eigenvalue weighted by atomic mass is 10.1. The SMILES string of the molecule is Cc1ncc(C(C)C)cn1.FC(F)F. The van der Waals surface area contributed by atoms with Crippen LogP contribution in [0.2, 0.25) is 0 Å². The molecule has 0 spiro atoms. The Hall–Kier alpha value is -1.13. The maximum absolute atomic E-state index is 9.67. The molecule has 0 amide bonds. The summed E-state index contributed by atoms with van der Waals surface area (Å²) in [5, 5.41) is 0. The molecule has 0 N–H and O–H groups in total. The molecule has 80 valence electrons. The van der Waals surface area contributed by atoms with Gasteiger partial charge in [0.05, 0.1) is 0 Å². The van der Waals surface area contributed by atoms with Crippen LogP contribution in [0.25, 0.3) is 0 Å². The van der Waals surface area contributed by atoms with Crippen LogP contribution in [0.5, 0.6) is 0 Å². The first-order valence-corrected chi connectivity index (χ1v) is 4.14. The van der Waals surface area contributed by atoms with Crippen molar-refractivity contribution in [3.8, 4) is 0 Å². The molecule has 1 aromatic heterocycles. The molecule has 0 aliphatic rings. The molecule has 0 unspecified atom stereocenters. The third kappa shape index (κ3) is 6.39. The highest BCUT2D eigenvalue weighted by molar-refractivity contribution is 5.08. The van der Waals surface area contributed by atoms with Gasteiger partial charge < -0.3 is 0 Å². The van der Waals surface area contributed by atoms with Crippen LogP contribution in [-0.4, -0.2) is 16.6 Å². The van der Waals surface area contributed by atoms with Crippen molar-refractivity contribution in [1.29, 1.82) is 0 Å². The van der Waals surface area contributed by atoms with E-state index in [0.717, 1.165) is 5.82 Å². The van der Waals surface area contributed by atoms with Gasteiger partial charge in [0, 0.05) is 12.4 Å². The van der Waals surface area contributed by atoms with Crippen molar-refractivity contribution in [1.82, 2.24) is 9.97 Å². The number of nitrogens with zero attached hydrogens (tertiary/aromatic N) is 2. The first-order valence-electron chi connectivity index (χ1n) is 4.14. The topological polar surface area (TPSA) is 25.8 Å². The van der Waals surface area contributed by atoms with Gasteiger partial charge in [0.15, 0.2) is 0 Å². The zero-order chi connectivity index (χ0) is 11.1. The van der Waals surface area contributed by atoms with Gasteiger partial charge in [-0.05, 0) is 18.4 Å². The standard InChI is InChI=1S/C8H12N2.CHF3/c1-6(2)8-4-9-7(3)10-5-8;2-1(3)4/h4-6H,1-3H3;1H. The quantitative estimate of drug-likeness (QED) is 0.705.